The molecule has 0 spiro atoms. The van der Waals surface area contributed by atoms with E-state index in [0.29, 0.717) is 18.1 Å². The van der Waals surface area contributed by atoms with E-state index in [-0.39, 0.29) is 22.7 Å². The molecule has 1 aliphatic rings. The second-order valence-electron chi connectivity index (χ2n) is 4.82. The van der Waals surface area contributed by atoms with Crippen molar-refractivity contribution in [2.45, 2.75) is 17.9 Å². The molecule has 0 radical (unpaired) electrons. The summed E-state index contributed by atoms with van der Waals surface area (Å²) in [5.41, 5.74) is 0. The lowest BCUT2D eigenvalue weighted by atomic mass is 10.0. The van der Waals surface area contributed by atoms with Crippen LogP contribution in [-0.4, -0.2) is 46.9 Å². The van der Waals surface area contributed by atoms with Gasteiger partial charge < -0.3 is 5.11 Å². The van der Waals surface area contributed by atoms with Gasteiger partial charge >= 0.3 is 0 Å². The summed E-state index contributed by atoms with van der Waals surface area (Å²) in [7, 11) is -3.69. The predicted octanol–water partition coefficient (Wildman–Crippen LogP) is 1.44. The molecule has 1 fully saturated rings. The van der Waals surface area contributed by atoms with E-state index in [2.05, 4.69) is 4.98 Å². The molecule has 1 unspecified atom stereocenters. The van der Waals surface area contributed by atoms with E-state index < -0.39 is 10.0 Å². The Morgan fingerprint density at radius 1 is 1.55 bits per heavy atom. The molecule has 9 heteroatoms. The lowest BCUT2D eigenvalue weighted by molar-refractivity contribution is 0.165. The number of nitrogens with zero attached hydrogens (tertiary/aromatic N) is 3. The minimum Gasteiger partial charge on any atom is -0.396 e. The minimum absolute atomic E-state index is 0.0000185. The molecule has 1 atom stereocenters. The van der Waals surface area contributed by atoms with Crippen molar-refractivity contribution < 1.29 is 13.5 Å². The Hall–Kier alpha value is -0.670. The molecule has 110 valence electrons. The van der Waals surface area contributed by atoms with Gasteiger partial charge in [-0.1, -0.05) is 11.6 Å². The van der Waals surface area contributed by atoms with E-state index in [1.54, 1.807) is 11.6 Å². The van der Waals surface area contributed by atoms with E-state index in [1.807, 2.05) is 0 Å². The molecule has 1 N–H and O–H groups in total. The fourth-order valence-electron chi connectivity index (χ4n) is 2.49. The van der Waals surface area contributed by atoms with Crippen LogP contribution in [0.1, 0.15) is 12.8 Å². The molecule has 6 nitrogen and oxygen atoms in total. The van der Waals surface area contributed by atoms with Gasteiger partial charge in [0.1, 0.15) is 0 Å². The van der Waals surface area contributed by atoms with Gasteiger partial charge in [-0.3, -0.25) is 4.40 Å². The van der Waals surface area contributed by atoms with Gasteiger partial charge in [0, 0.05) is 31.3 Å². The van der Waals surface area contributed by atoms with Crippen LogP contribution in [0.3, 0.4) is 0 Å². The largest absolute Gasteiger partial charge is 0.396 e. The maximum absolute atomic E-state index is 12.7. The number of rotatable bonds is 3. The second kappa shape index (κ2) is 5.27. The van der Waals surface area contributed by atoms with Crippen LogP contribution in [-0.2, 0) is 10.0 Å². The van der Waals surface area contributed by atoms with Gasteiger partial charge in [0.05, 0.1) is 0 Å². The first-order chi connectivity index (χ1) is 9.54. The van der Waals surface area contributed by atoms with Gasteiger partial charge in [0.15, 0.2) is 15.1 Å². The van der Waals surface area contributed by atoms with Crippen molar-refractivity contribution in [1.29, 1.82) is 0 Å². The van der Waals surface area contributed by atoms with Crippen LogP contribution >= 0.6 is 22.9 Å². The van der Waals surface area contributed by atoms with Crippen LogP contribution in [0.2, 0.25) is 5.15 Å². The van der Waals surface area contributed by atoms with Gasteiger partial charge in [-0.05, 0) is 18.8 Å². The van der Waals surface area contributed by atoms with Crippen molar-refractivity contribution in [1.82, 2.24) is 13.7 Å². The van der Waals surface area contributed by atoms with E-state index in [4.69, 9.17) is 11.6 Å². The zero-order valence-electron chi connectivity index (χ0n) is 10.6. The average Bonchev–Trinajstić information content (AvgIpc) is 2.98. The molecule has 2 aromatic heterocycles. The minimum atomic E-state index is -3.69. The van der Waals surface area contributed by atoms with Crippen molar-refractivity contribution in [3.8, 4) is 0 Å². The first-order valence-electron chi connectivity index (χ1n) is 6.26. The van der Waals surface area contributed by atoms with Crippen molar-refractivity contribution in [3.63, 3.8) is 0 Å². The monoisotopic (exact) mass is 335 g/mol. The van der Waals surface area contributed by atoms with Crippen LogP contribution in [0.15, 0.2) is 16.6 Å². The number of hydrogen-bond acceptors (Lipinski definition) is 5. The van der Waals surface area contributed by atoms with Crippen LogP contribution in [0, 0.1) is 5.92 Å². The first-order valence-corrected chi connectivity index (χ1v) is 8.96. The van der Waals surface area contributed by atoms with Gasteiger partial charge in [-0.2, -0.15) is 4.31 Å². The summed E-state index contributed by atoms with van der Waals surface area (Å²) >= 11 is 7.34. The molecule has 0 bridgehead atoms. The third kappa shape index (κ3) is 2.25. The van der Waals surface area contributed by atoms with Crippen LogP contribution in [0.5, 0.6) is 0 Å². The highest BCUT2D eigenvalue weighted by Gasteiger charge is 2.34. The van der Waals surface area contributed by atoms with Crippen LogP contribution in [0.25, 0.3) is 4.96 Å². The van der Waals surface area contributed by atoms with Crippen molar-refractivity contribution in [3.05, 3.63) is 16.7 Å². The quantitative estimate of drug-likeness (QED) is 0.921. The summed E-state index contributed by atoms with van der Waals surface area (Å²) < 4.78 is 28.4. The first kappa shape index (κ1) is 14.3. The Morgan fingerprint density at radius 2 is 2.35 bits per heavy atom. The van der Waals surface area contributed by atoms with Crippen molar-refractivity contribution in [2.75, 3.05) is 19.7 Å². The Morgan fingerprint density at radius 3 is 3.10 bits per heavy atom. The van der Waals surface area contributed by atoms with Crippen molar-refractivity contribution >= 4 is 37.9 Å². The third-order valence-corrected chi connectivity index (χ3v) is 6.53. The van der Waals surface area contributed by atoms with E-state index in [0.717, 1.165) is 12.8 Å². The molecule has 0 amide bonds. The number of thiazole rings is 1. The third-order valence-electron chi connectivity index (χ3n) is 3.50. The number of hydrogen-bond donors (Lipinski definition) is 1. The Kier molecular flexibility index (Phi) is 3.76. The topological polar surface area (TPSA) is 74.9 Å². The maximum atomic E-state index is 12.7. The van der Waals surface area contributed by atoms with Crippen LogP contribution in [0.4, 0.5) is 0 Å². The summed E-state index contributed by atoms with van der Waals surface area (Å²) in [4.78, 5) is 4.62. The number of sulfonamides is 1. The summed E-state index contributed by atoms with van der Waals surface area (Å²) in [5.74, 6) is -0.0109. The molecule has 2 aromatic rings. The molecule has 1 aliphatic heterocycles. The fraction of sp³-hybridized carbons (Fsp3) is 0.545. The maximum Gasteiger partial charge on any atom is 0.262 e. The summed E-state index contributed by atoms with van der Waals surface area (Å²) in [5, 5.41) is 11.0. The molecule has 1 saturated heterocycles. The summed E-state index contributed by atoms with van der Waals surface area (Å²) in [6, 6.07) is 0. The highest BCUT2D eigenvalue weighted by Crippen LogP contribution is 2.30. The number of aliphatic hydroxyl groups excluding tert-OH is 1. The van der Waals surface area contributed by atoms with E-state index >= 15 is 0 Å². The van der Waals surface area contributed by atoms with Gasteiger partial charge in [-0.25, -0.2) is 13.4 Å². The molecule has 3 rings (SSSR count). The van der Waals surface area contributed by atoms with Gasteiger partial charge in [-0.15, -0.1) is 11.3 Å². The number of aromatic nitrogens is 2. The highest BCUT2D eigenvalue weighted by molar-refractivity contribution is 7.89. The Bertz CT molecular complexity index is 724. The molecule has 20 heavy (non-hydrogen) atoms. The van der Waals surface area contributed by atoms with E-state index in [1.165, 1.54) is 20.0 Å². The SMILES string of the molecule is O=S(=O)(c1c(Cl)nc2sccn12)N1CCCC(CO)C1. The molecule has 0 aromatic carbocycles. The highest BCUT2D eigenvalue weighted by atomic mass is 35.5. The summed E-state index contributed by atoms with van der Waals surface area (Å²) in [6.45, 7) is 0.777. The lowest BCUT2D eigenvalue weighted by Gasteiger charge is -2.30. The van der Waals surface area contributed by atoms with Gasteiger partial charge in [0.25, 0.3) is 10.0 Å². The zero-order chi connectivity index (χ0) is 14.3. The second-order valence-corrected chi connectivity index (χ2v) is 7.90. The predicted molar refractivity (Wildman–Crippen MR) is 76.6 cm³/mol. The molecule has 0 saturated carbocycles. The molecule has 0 aliphatic carbocycles. The number of piperidine rings is 1. The summed E-state index contributed by atoms with van der Waals surface area (Å²) in [6.07, 6.45) is 3.24. The molecular weight excluding hydrogens is 322 g/mol. The normalized spacial score (nSPS) is 21.6. The number of halogens is 1. The van der Waals surface area contributed by atoms with Crippen LogP contribution < -0.4 is 0 Å². The van der Waals surface area contributed by atoms with Crippen molar-refractivity contribution in [2.24, 2.45) is 5.92 Å². The number of aliphatic hydroxyl groups is 1. The smallest absolute Gasteiger partial charge is 0.262 e. The molecule has 3 heterocycles. The Labute approximate surface area is 125 Å². The standard InChI is InChI=1S/C11H14ClN3O3S2/c12-9-10(15-4-5-19-11(15)13-9)20(17,18)14-3-1-2-8(6-14)7-16/h4-5,8,16H,1-3,6-7H2. The zero-order valence-corrected chi connectivity index (χ0v) is 13.0. The number of fused-ring (bicyclic) bond motifs is 1. The number of imidazole rings is 1. The molecular formula is C11H14ClN3O3S2. The fourth-order valence-corrected chi connectivity index (χ4v) is 5.45. The lowest BCUT2D eigenvalue weighted by Crippen LogP contribution is -2.41. The average molecular weight is 336 g/mol. The van der Waals surface area contributed by atoms with E-state index in [9.17, 15) is 13.5 Å². The van der Waals surface area contributed by atoms with Gasteiger partial charge in [0.2, 0.25) is 0 Å². The Balaban J connectivity index is 2.03.